The number of hydrogen-bond acceptors (Lipinski definition) is 6. The molecular formula is C19H27N5O. The van der Waals surface area contributed by atoms with Crippen molar-refractivity contribution in [1.29, 1.82) is 0 Å². The van der Waals surface area contributed by atoms with E-state index in [1.165, 1.54) is 31.2 Å². The number of pyridine rings is 1. The van der Waals surface area contributed by atoms with Gasteiger partial charge in [-0.2, -0.15) is 4.98 Å². The van der Waals surface area contributed by atoms with Crippen molar-refractivity contribution in [3.63, 3.8) is 0 Å². The Labute approximate surface area is 149 Å². The van der Waals surface area contributed by atoms with Crippen molar-refractivity contribution in [2.75, 3.05) is 20.1 Å². The number of likely N-dealkylation sites (tertiary alicyclic amines) is 1. The molecule has 1 saturated heterocycles. The number of aromatic nitrogens is 3. The number of piperidine rings is 1. The number of hydrogen-bond donors (Lipinski definition) is 0. The van der Waals surface area contributed by atoms with Gasteiger partial charge in [0.25, 0.3) is 0 Å². The summed E-state index contributed by atoms with van der Waals surface area (Å²) in [5.41, 5.74) is 1.27. The molecule has 0 amide bonds. The Kier molecular flexibility index (Phi) is 4.81. The number of nitrogens with zero attached hydrogens (tertiary/aromatic N) is 5. The third-order valence-corrected chi connectivity index (χ3v) is 5.61. The van der Waals surface area contributed by atoms with Crippen LogP contribution in [-0.2, 0) is 6.54 Å². The largest absolute Gasteiger partial charge is 0.339 e. The van der Waals surface area contributed by atoms with Crippen LogP contribution in [0.15, 0.2) is 29.0 Å². The van der Waals surface area contributed by atoms with Gasteiger partial charge in [-0.15, -0.1) is 0 Å². The monoisotopic (exact) mass is 341 g/mol. The highest BCUT2D eigenvalue weighted by Crippen LogP contribution is 2.38. The van der Waals surface area contributed by atoms with Crippen LogP contribution < -0.4 is 0 Å². The van der Waals surface area contributed by atoms with Crippen LogP contribution in [-0.4, -0.2) is 51.1 Å². The molecule has 2 aromatic heterocycles. The van der Waals surface area contributed by atoms with Gasteiger partial charge in [0.1, 0.15) is 0 Å². The quantitative estimate of drug-likeness (QED) is 0.805. The molecule has 0 radical (unpaired) electrons. The Bertz CT molecular complexity index is 684. The van der Waals surface area contributed by atoms with Gasteiger partial charge >= 0.3 is 0 Å². The lowest BCUT2D eigenvalue weighted by Gasteiger charge is -2.40. The first kappa shape index (κ1) is 16.7. The zero-order valence-electron chi connectivity index (χ0n) is 15.1. The second-order valence-corrected chi connectivity index (χ2v) is 7.48. The van der Waals surface area contributed by atoms with Crippen LogP contribution in [0.25, 0.3) is 0 Å². The predicted octanol–water partition coefficient (Wildman–Crippen LogP) is 3.00. The van der Waals surface area contributed by atoms with Crippen molar-refractivity contribution >= 4 is 0 Å². The molecule has 1 aliphatic heterocycles. The van der Waals surface area contributed by atoms with Crippen LogP contribution in [0.5, 0.6) is 0 Å². The lowest BCUT2D eigenvalue weighted by molar-refractivity contribution is 0.0852. The van der Waals surface area contributed by atoms with E-state index in [0.29, 0.717) is 18.0 Å². The highest BCUT2D eigenvalue weighted by Gasteiger charge is 2.31. The fraction of sp³-hybridized carbons (Fsp3) is 0.632. The second kappa shape index (κ2) is 7.22. The topological polar surface area (TPSA) is 58.3 Å². The summed E-state index contributed by atoms with van der Waals surface area (Å²) in [6.07, 6.45) is 8.65. The Morgan fingerprint density at radius 1 is 1.36 bits per heavy atom. The van der Waals surface area contributed by atoms with Crippen molar-refractivity contribution in [1.82, 2.24) is 24.9 Å². The van der Waals surface area contributed by atoms with Gasteiger partial charge < -0.3 is 4.52 Å². The molecule has 0 spiro atoms. The van der Waals surface area contributed by atoms with Gasteiger partial charge in [0.2, 0.25) is 5.89 Å². The molecule has 0 aromatic carbocycles. The lowest BCUT2D eigenvalue weighted by atomic mass is 10.0. The van der Waals surface area contributed by atoms with Crippen LogP contribution in [0, 0.1) is 0 Å². The molecule has 1 saturated carbocycles. The molecule has 134 valence electrons. The summed E-state index contributed by atoms with van der Waals surface area (Å²) < 4.78 is 5.40. The minimum atomic E-state index is 0.366. The van der Waals surface area contributed by atoms with Crippen LogP contribution in [0.4, 0.5) is 0 Å². The molecule has 6 heteroatoms. The van der Waals surface area contributed by atoms with E-state index < -0.39 is 0 Å². The summed E-state index contributed by atoms with van der Waals surface area (Å²) in [7, 11) is 2.23. The van der Waals surface area contributed by atoms with Crippen LogP contribution in [0.1, 0.15) is 61.8 Å². The van der Waals surface area contributed by atoms with Gasteiger partial charge in [-0.1, -0.05) is 11.2 Å². The standard InChI is InChI=1S/C19H27N5O/c1-14(16-5-3-9-20-11-16)23(2)17-6-4-10-24(12-17)13-18-21-19(25-22-18)15-7-8-15/h3,5,9,11,14-15,17H,4,6-8,10,12-13H2,1-2H3/t14-,17-/m1/s1. The maximum absolute atomic E-state index is 5.40. The summed E-state index contributed by atoms with van der Waals surface area (Å²) in [5, 5.41) is 4.17. The molecule has 2 atom stereocenters. The summed E-state index contributed by atoms with van der Waals surface area (Å²) in [6.45, 7) is 5.21. The molecule has 0 N–H and O–H groups in total. The van der Waals surface area contributed by atoms with Gasteiger partial charge in [0.15, 0.2) is 5.82 Å². The van der Waals surface area contributed by atoms with Gasteiger partial charge in [-0.05, 0) is 57.8 Å². The fourth-order valence-corrected chi connectivity index (χ4v) is 3.71. The van der Waals surface area contributed by atoms with Crippen LogP contribution >= 0.6 is 0 Å². The van der Waals surface area contributed by atoms with Gasteiger partial charge in [-0.25, -0.2) is 0 Å². The van der Waals surface area contributed by atoms with Gasteiger partial charge in [0, 0.05) is 36.9 Å². The summed E-state index contributed by atoms with van der Waals surface area (Å²) in [6, 6.07) is 5.08. The normalized spacial score (nSPS) is 23.1. The lowest BCUT2D eigenvalue weighted by Crippen LogP contribution is -2.46. The third kappa shape index (κ3) is 3.90. The van der Waals surface area contributed by atoms with Crippen LogP contribution in [0.2, 0.25) is 0 Å². The first-order valence-electron chi connectivity index (χ1n) is 9.37. The van der Waals surface area contributed by atoms with Crippen molar-refractivity contribution in [2.45, 2.75) is 57.2 Å². The smallest absolute Gasteiger partial charge is 0.229 e. The molecule has 0 unspecified atom stereocenters. The van der Waals surface area contributed by atoms with E-state index in [4.69, 9.17) is 4.52 Å². The molecule has 6 nitrogen and oxygen atoms in total. The molecule has 25 heavy (non-hydrogen) atoms. The SMILES string of the molecule is C[C@H](c1cccnc1)N(C)[C@@H]1CCCN(Cc2noc(C3CC3)n2)C1. The molecule has 2 fully saturated rings. The van der Waals surface area contributed by atoms with Crippen molar-refractivity contribution in [3.05, 3.63) is 41.8 Å². The minimum Gasteiger partial charge on any atom is -0.339 e. The molecular weight excluding hydrogens is 314 g/mol. The van der Waals surface area contributed by atoms with Gasteiger partial charge in [-0.3, -0.25) is 14.8 Å². The molecule has 3 heterocycles. The van der Waals surface area contributed by atoms with Crippen molar-refractivity contribution in [3.8, 4) is 0 Å². The molecule has 2 aliphatic rings. The Balaban J connectivity index is 1.36. The van der Waals surface area contributed by atoms with Gasteiger partial charge in [0.05, 0.1) is 6.54 Å². The molecule has 0 bridgehead atoms. The first-order valence-corrected chi connectivity index (χ1v) is 9.37. The number of rotatable bonds is 6. The zero-order chi connectivity index (χ0) is 17.2. The first-order chi connectivity index (χ1) is 12.2. The zero-order valence-corrected chi connectivity index (χ0v) is 15.1. The van der Waals surface area contributed by atoms with Crippen molar-refractivity contribution in [2.24, 2.45) is 0 Å². The summed E-state index contributed by atoms with van der Waals surface area (Å²) in [4.78, 5) is 13.8. The van der Waals surface area contributed by atoms with Crippen molar-refractivity contribution < 1.29 is 4.52 Å². The Morgan fingerprint density at radius 2 is 2.24 bits per heavy atom. The highest BCUT2D eigenvalue weighted by atomic mass is 16.5. The Morgan fingerprint density at radius 3 is 3.00 bits per heavy atom. The summed E-state index contributed by atoms with van der Waals surface area (Å²) >= 11 is 0. The maximum Gasteiger partial charge on any atom is 0.229 e. The number of likely N-dealkylation sites (N-methyl/N-ethyl adjacent to an activating group) is 1. The van der Waals surface area contributed by atoms with E-state index in [0.717, 1.165) is 31.3 Å². The second-order valence-electron chi connectivity index (χ2n) is 7.48. The third-order valence-electron chi connectivity index (χ3n) is 5.61. The van der Waals surface area contributed by atoms with E-state index >= 15 is 0 Å². The highest BCUT2D eigenvalue weighted by molar-refractivity contribution is 5.13. The maximum atomic E-state index is 5.40. The molecule has 2 aromatic rings. The van der Waals surface area contributed by atoms with E-state index in [-0.39, 0.29) is 0 Å². The van der Waals surface area contributed by atoms with E-state index in [1.54, 1.807) is 0 Å². The van der Waals surface area contributed by atoms with E-state index in [1.807, 2.05) is 18.5 Å². The van der Waals surface area contributed by atoms with E-state index in [2.05, 4.69) is 45.0 Å². The average molecular weight is 341 g/mol. The predicted molar refractivity (Wildman–Crippen MR) is 95.0 cm³/mol. The minimum absolute atomic E-state index is 0.366. The fourth-order valence-electron chi connectivity index (χ4n) is 3.71. The van der Waals surface area contributed by atoms with Crippen LogP contribution in [0.3, 0.4) is 0 Å². The van der Waals surface area contributed by atoms with E-state index in [9.17, 15) is 0 Å². The average Bonchev–Trinajstić information content (AvgIpc) is 3.41. The molecule has 4 rings (SSSR count). The summed E-state index contributed by atoms with van der Waals surface area (Å²) in [5.74, 6) is 2.21. The Hall–Kier alpha value is -1.79. The molecule has 1 aliphatic carbocycles.